The van der Waals surface area contributed by atoms with Crippen molar-refractivity contribution in [3.05, 3.63) is 18.1 Å². The highest BCUT2D eigenvalue weighted by Gasteiger charge is 2.32. The van der Waals surface area contributed by atoms with Gasteiger partial charge in [-0.3, -0.25) is 0 Å². The maximum atomic E-state index is 4.61. The van der Waals surface area contributed by atoms with Crippen LogP contribution in [0.25, 0.3) is 0 Å². The number of anilines is 1. The summed E-state index contributed by atoms with van der Waals surface area (Å²) in [6.07, 6.45) is 8.44. The Kier molecular flexibility index (Phi) is 3.46. The standard InChI is InChI=1S/C14H22N4/c1-11-15-9-7-14(17-11)18-10-3-2-6-13(18)12-5-4-8-16-12/h7,9,12-13,16H,2-6,8,10H2,1H3. The smallest absolute Gasteiger partial charge is 0.132 e. The van der Waals surface area contributed by atoms with E-state index in [4.69, 9.17) is 0 Å². The Bertz CT molecular complexity index is 401. The Labute approximate surface area is 109 Å². The number of aryl methyl sites for hydroxylation is 1. The number of aromatic nitrogens is 2. The van der Waals surface area contributed by atoms with Crippen LogP contribution in [0.5, 0.6) is 0 Å². The molecule has 4 nitrogen and oxygen atoms in total. The summed E-state index contributed by atoms with van der Waals surface area (Å²) in [4.78, 5) is 11.3. The molecule has 2 aliphatic rings. The number of nitrogens with one attached hydrogen (secondary N) is 1. The Morgan fingerprint density at radius 1 is 1.28 bits per heavy atom. The van der Waals surface area contributed by atoms with Crippen LogP contribution in [-0.2, 0) is 0 Å². The van der Waals surface area contributed by atoms with Crippen LogP contribution in [0.3, 0.4) is 0 Å². The number of rotatable bonds is 2. The fourth-order valence-corrected chi connectivity index (χ4v) is 3.30. The van der Waals surface area contributed by atoms with Gasteiger partial charge in [-0.05, 0) is 51.6 Å². The van der Waals surface area contributed by atoms with E-state index in [1.165, 1.54) is 38.6 Å². The van der Waals surface area contributed by atoms with Gasteiger partial charge in [0.25, 0.3) is 0 Å². The summed E-state index contributed by atoms with van der Waals surface area (Å²) >= 11 is 0. The molecule has 1 aromatic heterocycles. The van der Waals surface area contributed by atoms with Crippen LogP contribution in [0.4, 0.5) is 5.82 Å². The third-order valence-corrected chi connectivity index (χ3v) is 4.17. The van der Waals surface area contributed by atoms with Crippen molar-refractivity contribution in [3.8, 4) is 0 Å². The summed E-state index contributed by atoms with van der Waals surface area (Å²) in [6, 6.07) is 3.33. The molecule has 2 saturated heterocycles. The molecule has 0 bridgehead atoms. The van der Waals surface area contributed by atoms with Crippen LogP contribution in [0.2, 0.25) is 0 Å². The Hall–Kier alpha value is -1.16. The van der Waals surface area contributed by atoms with Gasteiger partial charge in [0.1, 0.15) is 11.6 Å². The van der Waals surface area contributed by atoms with Crippen molar-refractivity contribution >= 4 is 5.82 Å². The summed E-state index contributed by atoms with van der Waals surface area (Å²) in [7, 11) is 0. The van der Waals surface area contributed by atoms with E-state index in [1.807, 2.05) is 13.1 Å². The zero-order valence-electron chi connectivity index (χ0n) is 11.1. The van der Waals surface area contributed by atoms with Crippen LogP contribution in [0.1, 0.15) is 37.9 Å². The Morgan fingerprint density at radius 3 is 3.00 bits per heavy atom. The highest BCUT2D eigenvalue weighted by atomic mass is 15.2. The second-order valence-electron chi connectivity index (χ2n) is 5.42. The van der Waals surface area contributed by atoms with E-state index in [0.717, 1.165) is 18.2 Å². The predicted molar refractivity (Wildman–Crippen MR) is 72.8 cm³/mol. The first-order valence-corrected chi connectivity index (χ1v) is 7.14. The van der Waals surface area contributed by atoms with E-state index in [9.17, 15) is 0 Å². The average Bonchev–Trinajstić information content (AvgIpc) is 2.92. The normalized spacial score (nSPS) is 28.6. The highest BCUT2D eigenvalue weighted by Crippen LogP contribution is 2.27. The molecule has 0 amide bonds. The van der Waals surface area contributed by atoms with E-state index in [2.05, 4.69) is 26.3 Å². The van der Waals surface area contributed by atoms with Crippen molar-refractivity contribution in [2.24, 2.45) is 0 Å². The average molecular weight is 246 g/mol. The fraction of sp³-hybridized carbons (Fsp3) is 0.714. The molecule has 0 aromatic carbocycles. The van der Waals surface area contributed by atoms with Crippen molar-refractivity contribution in [2.45, 2.75) is 51.1 Å². The summed E-state index contributed by atoms with van der Waals surface area (Å²) < 4.78 is 0. The third kappa shape index (κ3) is 2.34. The summed E-state index contributed by atoms with van der Waals surface area (Å²) in [5, 5.41) is 3.66. The van der Waals surface area contributed by atoms with Gasteiger partial charge >= 0.3 is 0 Å². The highest BCUT2D eigenvalue weighted by molar-refractivity contribution is 5.40. The maximum absolute atomic E-state index is 4.61. The van der Waals surface area contributed by atoms with Crippen molar-refractivity contribution in [3.63, 3.8) is 0 Å². The first kappa shape index (κ1) is 11.9. The summed E-state index contributed by atoms with van der Waals surface area (Å²) in [5.74, 6) is 1.98. The Balaban J connectivity index is 1.82. The van der Waals surface area contributed by atoms with Crippen LogP contribution in [0.15, 0.2) is 12.3 Å². The molecule has 18 heavy (non-hydrogen) atoms. The van der Waals surface area contributed by atoms with Crippen LogP contribution in [0, 0.1) is 6.92 Å². The zero-order chi connectivity index (χ0) is 12.4. The van der Waals surface area contributed by atoms with Crippen LogP contribution >= 0.6 is 0 Å². The molecule has 1 N–H and O–H groups in total. The van der Waals surface area contributed by atoms with Gasteiger partial charge < -0.3 is 10.2 Å². The van der Waals surface area contributed by atoms with Gasteiger partial charge in [-0.1, -0.05) is 0 Å². The van der Waals surface area contributed by atoms with E-state index in [1.54, 1.807) is 0 Å². The van der Waals surface area contributed by atoms with Crippen molar-refractivity contribution in [1.29, 1.82) is 0 Å². The topological polar surface area (TPSA) is 41.1 Å². The lowest BCUT2D eigenvalue weighted by Crippen LogP contribution is -2.50. The van der Waals surface area contributed by atoms with Crippen LogP contribution in [-0.4, -0.2) is 35.1 Å². The number of hydrogen-bond donors (Lipinski definition) is 1. The lowest BCUT2D eigenvalue weighted by atomic mass is 9.94. The lowest BCUT2D eigenvalue weighted by molar-refractivity contribution is 0.376. The quantitative estimate of drug-likeness (QED) is 0.865. The van der Waals surface area contributed by atoms with Gasteiger partial charge in [-0.15, -0.1) is 0 Å². The SMILES string of the molecule is Cc1nccc(N2CCCCC2C2CCCN2)n1. The molecule has 2 unspecified atom stereocenters. The lowest BCUT2D eigenvalue weighted by Gasteiger charge is -2.40. The molecule has 2 fully saturated rings. The van der Waals surface area contributed by atoms with E-state index < -0.39 is 0 Å². The largest absolute Gasteiger partial charge is 0.352 e. The van der Waals surface area contributed by atoms with Crippen molar-refractivity contribution in [1.82, 2.24) is 15.3 Å². The summed E-state index contributed by atoms with van der Waals surface area (Å²) in [5.41, 5.74) is 0. The molecule has 0 aliphatic carbocycles. The molecule has 3 rings (SSSR count). The second-order valence-corrected chi connectivity index (χ2v) is 5.42. The minimum atomic E-state index is 0.621. The molecule has 3 heterocycles. The predicted octanol–water partition coefficient (Wildman–Crippen LogP) is 1.90. The molecular weight excluding hydrogens is 224 g/mol. The van der Waals surface area contributed by atoms with Gasteiger partial charge in [0.05, 0.1) is 0 Å². The van der Waals surface area contributed by atoms with E-state index in [0.29, 0.717) is 12.1 Å². The molecule has 1 aromatic rings. The summed E-state index contributed by atoms with van der Waals surface area (Å²) in [6.45, 7) is 4.29. The van der Waals surface area contributed by atoms with Gasteiger partial charge in [0.15, 0.2) is 0 Å². The molecule has 0 spiro atoms. The van der Waals surface area contributed by atoms with Gasteiger partial charge in [0, 0.05) is 24.8 Å². The molecule has 2 aliphatic heterocycles. The number of piperidine rings is 1. The monoisotopic (exact) mass is 246 g/mol. The van der Waals surface area contributed by atoms with Gasteiger partial charge in [-0.2, -0.15) is 0 Å². The second kappa shape index (κ2) is 5.22. The zero-order valence-corrected chi connectivity index (χ0v) is 11.1. The van der Waals surface area contributed by atoms with Crippen molar-refractivity contribution < 1.29 is 0 Å². The third-order valence-electron chi connectivity index (χ3n) is 4.17. The fourth-order valence-electron chi connectivity index (χ4n) is 3.30. The minimum Gasteiger partial charge on any atom is -0.352 e. The molecule has 98 valence electrons. The van der Waals surface area contributed by atoms with E-state index in [-0.39, 0.29) is 0 Å². The van der Waals surface area contributed by atoms with E-state index >= 15 is 0 Å². The van der Waals surface area contributed by atoms with Gasteiger partial charge in [-0.25, -0.2) is 9.97 Å². The van der Waals surface area contributed by atoms with Crippen molar-refractivity contribution in [2.75, 3.05) is 18.0 Å². The maximum Gasteiger partial charge on any atom is 0.132 e. The molecule has 2 atom stereocenters. The molecule has 4 heteroatoms. The minimum absolute atomic E-state index is 0.621. The molecule has 0 saturated carbocycles. The molecule has 0 radical (unpaired) electrons. The first-order chi connectivity index (χ1) is 8.84. The first-order valence-electron chi connectivity index (χ1n) is 7.14. The van der Waals surface area contributed by atoms with Gasteiger partial charge in [0.2, 0.25) is 0 Å². The number of hydrogen-bond acceptors (Lipinski definition) is 4. The number of nitrogens with zero attached hydrogens (tertiary/aromatic N) is 3. The van der Waals surface area contributed by atoms with Crippen LogP contribution < -0.4 is 10.2 Å². The molecular formula is C14H22N4. The Morgan fingerprint density at radius 2 is 2.22 bits per heavy atom.